The number of hydrogen-bond acceptors (Lipinski definition) is 6. The van der Waals surface area contributed by atoms with Crippen LogP contribution in [0.25, 0.3) is 0 Å². The first-order valence-electron chi connectivity index (χ1n) is 13.2. The molecule has 0 atom stereocenters. The Morgan fingerprint density at radius 1 is 1.19 bits per heavy atom. The Bertz CT molecular complexity index is 952. The SMILES string of the molecule is C=C/C=C\C=C(/C)C(=NOCC(C)C)C1CCN(C(=O)C2CCN(Cc3ccnc(N)c3)CC2)CC1. The Morgan fingerprint density at radius 2 is 1.89 bits per heavy atom. The van der Waals surface area contributed by atoms with E-state index in [-0.39, 0.29) is 5.92 Å². The lowest BCUT2D eigenvalue weighted by Crippen LogP contribution is -2.46. The summed E-state index contributed by atoms with van der Waals surface area (Å²) in [7, 11) is 0. The average molecular weight is 494 g/mol. The number of nitrogen functional groups attached to an aromatic ring is 1. The van der Waals surface area contributed by atoms with Crippen molar-refractivity contribution in [2.45, 2.75) is 53.0 Å². The molecule has 0 saturated carbocycles. The normalized spacial score (nSPS) is 19.3. The maximum atomic E-state index is 13.3. The van der Waals surface area contributed by atoms with Crippen LogP contribution in [0.1, 0.15) is 52.0 Å². The number of carbonyl (C=O) groups is 1. The van der Waals surface area contributed by atoms with Crippen LogP contribution in [0.2, 0.25) is 0 Å². The van der Waals surface area contributed by atoms with E-state index in [4.69, 9.17) is 10.6 Å². The molecule has 0 aromatic carbocycles. The minimum absolute atomic E-state index is 0.119. The van der Waals surface area contributed by atoms with E-state index in [1.165, 1.54) is 5.56 Å². The fourth-order valence-corrected chi connectivity index (χ4v) is 4.91. The van der Waals surface area contributed by atoms with Gasteiger partial charge in [0.1, 0.15) is 12.4 Å². The first kappa shape index (κ1) is 27.7. The van der Waals surface area contributed by atoms with Gasteiger partial charge in [0.25, 0.3) is 0 Å². The molecular weight excluding hydrogens is 450 g/mol. The van der Waals surface area contributed by atoms with Crippen LogP contribution >= 0.6 is 0 Å². The summed E-state index contributed by atoms with van der Waals surface area (Å²) in [6.45, 7) is 14.9. The lowest BCUT2D eigenvalue weighted by atomic mass is 9.87. The molecule has 1 aromatic rings. The Kier molecular flexibility index (Phi) is 10.7. The first-order chi connectivity index (χ1) is 17.4. The molecule has 1 amide bonds. The zero-order valence-electron chi connectivity index (χ0n) is 22.2. The van der Waals surface area contributed by atoms with Crippen molar-refractivity contribution in [2.75, 3.05) is 38.5 Å². The highest BCUT2D eigenvalue weighted by Crippen LogP contribution is 2.27. The van der Waals surface area contributed by atoms with Crippen LogP contribution in [0, 0.1) is 17.8 Å². The zero-order valence-corrected chi connectivity index (χ0v) is 22.2. The van der Waals surface area contributed by atoms with Crippen LogP contribution in [0.3, 0.4) is 0 Å². The molecule has 2 saturated heterocycles. The van der Waals surface area contributed by atoms with Crippen molar-refractivity contribution < 1.29 is 9.63 Å². The van der Waals surface area contributed by atoms with Gasteiger partial charge in [-0.3, -0.25) is 9.69 Å². The number of piperidine rings is 2. The van der Waals surface area contributed by atoms with Gasteiger partial charge < -0.3 is 15.5 Å². The zero-order chi connectivity index (χ0) is 25.9. The van der Waals surface area contributed by atoms with E-state index in [1.807, 2.05) is 24.3 Å². The molecule has 7 nitrogen and oxygen atoms in total. The van der Waals surface area contributed by atoms with Crippen LogP contribution in [0.15, 0.2) is 59.9 Å². The number of pyridine rings is 1. The quantitative estimate of drug-likeness (QED) is 0.287. The van der Waals surface area contributed by atoms with Crippen LogP contribution < -0.4 is 5.73 Å². The molecule has 7 heteroatoms. The van der Waals surface area contributed by atoms with Gasteiger partial charge in [0.05, 0.1) is 5.71 Å². The summed E-state index contributed by atoms with van der Waals surface area (Å²) in [5.41, 5.74) is 9.09. The number of rotatable bonds is 10. The van der Waals surface area contributed by atoms with Crippen molar-refractivity contribution in [1.82, 2.24) is 14.8 Å². The molecule has 2 N–H and O–H groups in total. The maximum Gasteiger partial charge on any atom is 0.225 e. The molecular formula is C29H43N5O2. The number of aromatic nitrogens is 1. The van der Waals surface area contributed by atoms with E-state index in [9.17, 15) is 4.79 Å². The van der Waals surface area contributed by atoms with Crippen molar-refractivity contribution >= 4 is 17.4 Å². The van der Waals surface area contributed by atoms with Gasteiger partial charge in [0.15, 0.2) is 0 Å². The third-order valence-electron chi connectivity index (χ3n) is 6.95. The Hall–Kier alpha value is -2.93. The molecule has 0 aliphatic carbocycles. The number of nitrogens with zero attached hydrogens (tertiary/aromatic N) is 4. The van der Waals surface area contributed by atoms with Gasteiger partial charge in [-0.05, 0) is 74.9 Å². The van der Waals surface area contributed by atoms with E-state index < -0.39 is 0 Å². The summed E-state index contributed by atoms with van der Waals surface area (Å²) in [4.78, 5) is 27.5. The molecule has 0 radical (unpaired) electrons. The minimum Gasteiger partial charge on any atom is -0.395 e. The Balaban J connectivity index is 1.52. The van der Waals surface area contributed by atoms with Gasteiger partial charge in [0.2, 0.25) is 5.91 Å². The Labute approximate surface area is 216 Å². The second-order valence-corrected chi connectivity index (χ2v) is 10.4. The largest absolute Gasteiger partial charge is 0.395 e. The van der Waals surface area contributed by atoms with E-state index >= 15 is 0 Å². The number of carbonyl (C=O) groups excluding carboxylic acids is 1. The van der Waals surface area contributed by atoms with Gasteiger partial charge in [-0.25, -0.2) is 4.98 Å². The van der Waals surface area contributed by atoms with Gasteiger partial charge in [-0.2, -0.15) is 0 Å². The average Bonchev–Trinajstić information content (AvgIpc) is 2.87. The number of oxime groups is 1. The van der Waals surface area contributed by atoms with Crippen molar-refractivity contribution in [3.63, 3.8) is 0 Å². The minimum atomic E-state index is 0.119. The molecule has 0 bridgehead atoms. The summed E-state index contributed by atoms with van der Waals surface area (Å²) >= 11 is 0. The van der Waals surface area contributed by atoms with Crippen LogP contribution in [-0.4, -0.2) is 59.2 Å². The molecule has 3 rings (SSSR count). The van der Waals surface area contributed by atoms with Crippen LogP contribution in [0.4, 0.5) is 5.82 Å². The maximum absolute atomic E-state index is 13.3. The summed E-state index contributed by atoms with van der Waals surface area (Å²) < 4.78 is 0. The molecule has 2 aliphatic rings. The van der Waals surface area contributed by atoms with Gasteiger partial charge in [0, 0.05) is 37.7 Å². The van der Waals surface area contributed by atoms with Crippen molar-refractivity contribution in [2.24, 2.45) is 22.9 Å². The molecule has 2 aliphatic heterocycles. The lowest BCUT2D eigenvalue weighted by molar-refractivity contribution is -0.138. The van der Waals surface area contributed by atoms with Gasteiger partial charge in [-0.15, -0.1) is 0 Å². The predicted octanol–water partition coefficient (Wildman–Crippen LogP) is 4.83. The topological polar surface area (TPSA) is 84.0 Å². The second-order valence-electron chi connectivity index (χ2n) is 10.4. The van der Waals surface area contributed by atoms with Crippen molar-refractivity contribution in [3.05, 3.63) is 60.3 Å². The van der Waals surface area contributed by atoms with Crippen LogP contribution in [0.5, 0.6) is 0 Å². The molecule has 36 heavy (non-hydrogen) atoms. The number of allylic oxidation sites excluding steroid dienone is 5. The number of hydrogen-bond donors (Lipinski definition) is 1. The fraction of sp³-hybridized carbons (Fsp3) is 0.552. The second kappa shape index (κ2) is 14.0. The molecule has 1 aromatic heterocycles. The molecule has 0 unspecified atom stereocenters. The molecule has 2 fully saturated rings. The monoisotopic (exact) mass is 493 g/mol. The smallest absolute Gasteiger partial charge is 0.225 e. The fourth-order valence-electron chi connectivity index (χ4n) is 4.91. The van der Waals surface area contributed by atoms with E-state index in [1.54, 1.807) is 12.3 Å². The summed E-state index contributed by atoms with van der Waals surface area (Å²) in [5, 5.41) is 4.54. The standard InChI is InChI=1S/C29H43N5O2/c1-5-6-7-8-23(4)28(32-36-21-22(2)3)25-12-17-34(18-13-25)29(35)26-10-15-33(16-11-26)20-24-9-14-31-27(30)19-24/h5-9,14,19,22,25-26H,1,10-13,15-18,20-21H2,2-4H3,(H2,30,31)/b7-6-,23-8+,32-28?. The van der Waals surface area contributed by atoms with Crippen molar-refractivity contribution in [1.29, 1.82) is 0 Å². The van der Waals surface area contributed by atoms with Gasteiger partial charge in [-0.1, -0.05) is 49.9 Å². The van der Waals surface area contributed by atoms with Crippen molar-refractivity contribution in [3.8, 4) is 0 Å². The lowest BCUT2D eigenvalue weighted by Gasteiger charge is -2.37. The predicted molar refractivity (Wildman–Crippen MR) is 147 cm³/mol. The van der Waals surface area contributed by atoms with E-state index in [0.29, 0.717) is 30.2 Å². The highest BCUT2D eigenvalue weighted by molar-refractivity contribution is 6.01. The molecule has 0 spiro atoms. The summed E-state index contributed by atoms with van der Waals surface area (Å²) in [5.74, 6) is 1.71. The van der Waals surface area contributed by atoms with E-state index in [2.05, 4.69) is 53.4 Å². The number of anilines is 1. The number of nitrogens with two attached hydrogens (primary N) is 1. The Morgan fingerprint density at radius 3 is 2.53 bits per heavy atom. The van der Waals surface area contributed by atoms with E-state index in [0.717, 1.165) is 69.7 Å². The first-order valence-corrected chi connectivity index (χ1v) is 13.2. The number of amides is 1. The summed E-state index contributed by atoms with van der Waals surface area (Å²) in [6, 6.07) is 3.94. The number of likely N-dealkylation sites (tertiary alicyclic amines) is 2. The van der Waals surface area contributed by atoms with Gasteiger partial charge >= 0.3 is 0 Å². The highest BCUT2D eigenvalue weighted by atomic mass is 16.6. The third-order valence-corrected chi connectivity index (χ3v) is 6.95. The molecule has 196 valence electrons. The highest BCUT2D eigenvalue weighted by Gasteiger charge is 2.32. The van der Waals surface area contributed by atoms with Crippen LogP contribution in [-0.2, 0) is 16.2 Å². The summed E-state index contributed by atoms with van der Waals surface area (Å²) in [6.07, 6.45) is 13.1. The third kappa shape index (κ3) is 8.33. The molecule has 3 heterocycles.